The first kappa shape index (κ1) is 16.0. The summed E-state index contributed by atoms with van der Waals surface area (Å²) in [5, 5.41) is 15.2. The van der Waals surface area contributed by atoms with Gasteiger partial charge in [0, 0.05) is 11.6 Å². The molecule has 0 saturated carbocycles. The Morgan fingerprint density at radius 2 is 1.82 bits per heavy atom. The molecule has 22 heavy (non-hydrogen) atoms. The van der Waals surface area contributed by atoms with Crippen molar-refractivity contribution in [1.82, 2.24) is 10.6 Å². The Morgan fingerprint density at radius 3 is 2.45 bits per heavy atom. The van der Waals surface area contributed by atoms with E-state index in [0.717, 1.165) is 11.1 Å². The molecular weight excluding hydrogens is 298 g/mol. The quantitative estimate of drug-likeness (QED) is 0.806. The molecule has 0 aromatic heterocycles. The number of benzene rings is 2. The molecule has 0 aliphatic rings. The average Bonchev–Trinajstić information content (AvgIpc) is 2.55. The highest BCUT2D eigenvalue weighted by Crippen LogP contribution is 2.13. The number of amides is 1. The first-order chi connectivity index (χ1) is 10.7. The van der Waals surface area contributed by atoms with E-state index in [2.05, 4.69) is 10.6 Å². The van der Waals surface area contributed by atoms with Gasteiger partial charge in [0.05, 0.1) is 12.6 Å². The van der Waals surface area contributed by atoms with Crippen LogP contribution in [-0.4, -0.2) is 12.5 Å². The van der Waals surface area contributed by atoms with Gasteiger partial charge in [-0.05, 0) is 23.3 Å². The van der Waals surface area contributed by atoms with Crippen molar-refractivity contribution >= 4 is 17.5 Å². The van der Waals surface area contributed by atoms with Crippen LogP contribution in [-0.2, 0) is 11.3 Å². The lowest BCUT2D eigenvalue weighted by molar-refractivity contribution is -0.123. The van der Waals surface area contributed by atoms with Crippen LogP contribution in [0.4, 0.5) is 0 Å². The van der Waals surface area contributed by atoms with Crippen molar-refractivity contribution in [3.05, 3.63) is 70.7 Å². The van der Waals surface area contributed by atoms with Gasteiger partial charge in [-0.25, -0.2) is 0 Å². The molecule has 2 aromatic carbocycles. The van der Waals surface area contributed by atoms with Gasteiger partial charge in [-0.1, -0.05) is 54.1 Å². The molecule has 0 fully saturated rings. The van der Waals surface area contributed by atoms with Crippen LogP contribution in [0, 0.1) is 11.3 Å². The molecule has 0 aliphatic heterocycles. The van der Waals surface area contributed by atoms with E-state index >= 15 is 0 Å². The number of nitrogens with one attached hydrogen (secondary N) is 2. The highest BCUT2D eigenvalue weighted by atomic mass is 35.5. The second kappa shape index (κ2) is 8.18. The molecule has 0 unspecified atom stereocenters. The van der Waals surface area contributed by atoms with E-state index in [9.17, 15) is 4.79 Å². The second-order valence-electron chi connectivity index (χ2n) is 4.73. The molecule has 1 atom stereocenters. The molecule has 2 N–H and O–H groups in total. The summed E-state index contributed by atoms with van der Waals surface area (Å²) in [5.74, 6) is -0.170. The predicted molar refractivity (Wildman–Crippen MR) is 86.1 cm³/mol. The summed E-state index contributed by atoms with van der Waals surface area (Å²) in [6, 6.07) is 18.1. The lowest BCUT2D eigenvalue weighted by Gasteiger charge is -2.17. The molecule has 4 nitrogen and oxygen atoms in total. The normalized spacial score (nSPS) is 11.5. The van der Waals surface area contributed by atoms with Crippen LogP contribution >= 0.6 is 11.6 Å². The van der Waals surface area contributed by atoms with Gasteiger partial charge in [-0.3, -0.25) is 10.1 Å². The van der Waals surface area contributed by atoms with Crippen LogP contribution in [0.15, 0.2) is 54.6 Å². The largest absolute Gasteiger partial charge is 0.350 e. The maximum absolute atomic E-state index is 12.4. The SMILES string of the molecule is N#CCN[C@H](C(=O)NCc1ccc(Cl)cc1)c1ccccc1. The lowest BCUT2D eigenvalue weighted by Crippen LogP contribution is -2.37. The zero-order valence-corrected chi connectivity index (χ0v) is 12.7. The van der Waals surface area contributed by atoms with Gasteiger partial charge in [0.15, 0.2) is 0 Å². The highest BCUT2D eigenvalue weighted by molar-refractivity contribution is 6.30. The number of rotatable bonds is 6. The highest BCUT2D eigenvalue weighted by Gasteiger charge is 2.19. The second-order valence-corrected chi connectivity index (χ2v) is 5.16. The van der Waals surface area contributed by atoms with Gasteiger partial charge < -0.3 is 5.32 Å². The Morgan fingerprint density at radius 1 is 1.14 bits per heavy atom. The summed E-state index contributed by atoms with van der Waals surface area (Å²) in [7, 11) is 0. The van der Waals surface area contributed by atoms with Crippen molar-refractivity contribution in [2.45, 2.75) is 12.6 Å². The maximum atomic E-state index is 12.4. The summed E-state index contributed by atoms with van der Waals surface area (Å²) in [6.45, 7) is 0.515. The zero-order valence-electron chi connectivity index (χ0n) is 11.9. The van der Waals surface area contributed by atoms with E-state index in [0.29, 0.717) is 11.6 Å². The summed E-state index contributed by atoms with van der Waals surface area (Å²) in [6.07, 6.45) is 0. The fourth-order valence-corrected chi connectivity index (χ4v) is 2.17. The third-order valence-corrected chi connectivity index (χ3v) is 3.41. The number of hydrogen-bond donors (Lipinski definition) is 2. The number of carbonyl (C=O) groups is 1. The van der Waals surface area contributed by atoms with Gasteiger partial charge >= 0.3 is 0 Å². The minimum Gasteiger partial charge on any atom is -0.350 e. The standard InChI is InChI=1S/C17H16ClN3O/c18-15-8-6-13(7-9-15)12-21-17(22)16(20-11-10-19)14-4-2-1-3-5-14/h1-9,16,20H,11-12H2,(H,21,22)/t16-/m0/s1. The molecule has 0 saturated heterocycles. The van der Waals surface area contributed by atoms with Crippen LogP contribution in [0.1, 0.15) is 17.2 Å². The molecular formula is C17H16ClN3O. The minimum atomic E-state index is -0.548. The summed E-state index contributed by atoms with van der Waals surface area (Å²) < 4.78 is 0. The van der Waals surface area contributed by atoms with E-state index in [4.69, 9.17) is 16.9 Å². The van der Waals surface area contributed by atoms with Crippen LogP contribution in [0.25, 0.3) is 0 Å². The van der Waals surface area contributed by atoms with E-state index in [1.165, 1.54) is 0 Å². The molecule has 5 heteroatoms. The Hall–Kier alpha value is -2.35. The molecule has 0 aliphatic carbocycles. The zero-order chi connectivity index (χ0) is 15.8. The van der Waals surface area contributed by atoms with E-state index in [1.54, 1.807) is 12.1 Å². The van der Waals surface area contributed by atoms with E-state index < -0.39 is 6.04 Å². The predicted octanol–water partition coefficient (Wildman–Crippen LogP) is 2.81. The van der Waals surface area contributed by atoms with Crippen LogP contribution < -0.4 is 10.6 Å². The van der Waals surface area contributed by atoms with Crippen molar-refractivity contribution in [2.24, 2.45) is 0 Å². The number of nitriles is 1. The van der Waals surface area contributed by atoms with Crippen molar-refractivity contribution in [3.63, 3.8) is 0 Å². The van der Waals surface area contributed by atoms with Crippen LogP contribution in [0.3, 0.4) is 0 Å². The van der Waals surface area contributed by atoms with Gasteiger partial charge in [0.1, 0.15) is 6.04 Å². The monoisotopic (exact) mass is 313 g/mol. The number of carbonyl (C=O) groups excluding carboxylic acids is 1. The first-order valence-corrected chi connectivity index (χ1v) is 7.26. The van der Waals surface area contributed by atoms with E-state index in [1.807, 2.05) is 48.5 Å². The molecule has 0 spiro atoms. The smallest absolute Gasteiger partial charge is 0.242 e. The Kier molecular flexibility index (Phi) is 5.96. The van der Waals surface area contributed by atoms with Crippen LogP contribution in [0.2, 0.25) is 5.02 Å². The summed E-state index contributed by atoms with van der Waals surface area (Å²) >= 11 is 5.83. The molecule has 0 radical (unpaired) electrons. The van der Waals surface area contributed by atoms with Crippen molar-refractivity contribution in [1.29, 1.82) is 5.26 Å². The Balaban J connectivity index is 2.02. The molecule has 0 heterocycles. The number of nitrogens with zero attached hydrogens (tertiary/aromatic N) is 1. The fraction of sp³-hybridized carbons (Fsp3) is 0.176. The van der Waals surface area contributed by atoms with Gasteiger partial charge in [-0.2, -0.15) is 5.26 Å². The van der Waals surface area contributed by atoms with Crippen LogP contribution in [0.5, 0.6) is 0 Å². The molecule has 1 amide bonds. The minimum absolute atomic E-state index is 0.105. The molecule has 2 rings (SSSR count). The molecule has 2 aromatic rings. The van der Waals surface area contributed by atoms with Gasteiger partial charge in [0.25, 0.3) is 0 Å². The third kappa shape index (κ3) is 4.59. The molecule has 112 valence electrons. The fourth-order valence-electron chi connectivity index (χ4n) is 2.05. The maximum Gasteiger partial charge on any atom is 0.242 e. The molecule has 0 bridgehead atoms. The average molecular weight is 314 g/mol. The Labute approximate surface area is 134 Å². The van der Waals surface area contributed by atoms with Crippen molar-refractivity contribution < 1.29 is 4.79 Å². The number of hydrogen-bond acceptors (Lipinski definition) is 3. The van der Waals surface area contributed by atoms with E-state index in [-0.39, 0.29) is 12.5 Å². The van der Waals surface area contributed by atoms with Gasteiger partial charge in [0.2, 0.25) is 5.91 Å². The number of halogens is 1. The first-order valence-electron chi connectivity index (χ1n) is 6.88. The van der Waals surface area contributed by atoms with Crippen molar-refractivity contribution in [2.75, 3.05) is 6.54 Å². The topological polar surface area (TPSA) is 64.9 Å². The summed E-state index contributed by atoms with van der Waals surface area (Å²) in [4.78, 5) is 12.4. The van der Waals surface area contributed by atoms with Gasteiger partial charge in [-0.15, -0.1) is 0 Å². The third-order valence-electron chi connectivity index (χ3n) is 3.16. The lowest BCUT2D eigenvalue weighted by atomic mass is 10.1. The summed E-state index contributed by atoms with van der Waals surface area (Å²) in [5.41, 5.74) is 1.79. The van der Waals surface area contributed by atoms with Crippen molar-refractivity contribution in [3.8, 4) is 6.07 Å². The Bertz CT molecular complexity index is 650.